The first-order valence-electron chi connectivity index (χ1n) is 6.67. The number of nitrogens with one attached hydrogen (secondary N) is 1. The number of hydrogen-bond acceptors (Lipinski definition) is 4. The highest BCUT2D eigenvalue weighted by Crippen LogP contribution is 2.38. The topological polar surface area (TPSA) is 55.4 Å². The number of carbonyl (C=O) groups is 2. The maximum Gasteiger partial charge on any atom is 0.407 e. The van der Waals surface area contributed by atoms with Gasteiger partial charge in [0.15, 0.2) is 0 Å². The summed E-state index contributed by atoms with van der Waals surface area (Å²) in [6, 6.07) is 3.97. The number of thiophene rings is 1. The number of carbonyl (C=O) groups excluding carboxylic acids is 2. The van der Waals surface area contributed by atoms with Gasteiger partial charge < -0.3 is 10.1 Å². The number of ether oxygens (including phenoxy) is 1. The lowest BCUT2D eigenvalue weighted by Crippen LogP contribution is -2.48. The van der Waals surface area contributed by atoms with E-state index in [0.717, 1.165) is 4.88 Å². The molecule has 1 aliphatic carbocycles. The molecule has 0 radical (unpaired) electrons. The van der Waals surface area contributed by atoms with Gasteiger partial charge in [-0.3, -0.25) is 4.79 Å². The second-order valence-electron chi connectivity index (χ2n) is 4.44. The van der Waals surface area contributed by atoms with E-state index in [0.29, 0.717) is 32.3 Å². The monoisotopic (exact) mass is 295 g/mol. The van der Waals surface area contributed by atoms with Crippen LogP contribution in [0.5, 0.6) is 0 Å². The summed E-state index contributed by atoms with van der Waals surface area (Å²) in [7, 11) is 0. The summed E-state index contributed by atoms with van der Waals surface area (Å²) in [4.78, 5) is 24.2. The van der Waals surface area contributed by atoms with Gasteiger partial charge in [0.25, 0.3) is 0 Å². The fourth-order valence-electron chi connectivity index (χ4n) is 2.30. The van der Waals surface area contributed by atoms with Crippen molar-refractivity contribution >= 4 is 23.2 Å². The standard InChI is InChI=1S/C13H17NO3S.C2H4/c1-2-17-12(16)14-13(11-4-3-9-18-11)7-5-10(15)6-8-13;1-2/h3-4,9H,2,5-8H2,1H3,(H,14,16);1-2H2. The second-order valence-corrected chi connectivity index (χ2v) is 5.39. The van der Waals surface area contributed by atoms with Crippen LogP contribution in [0.3, 0.4) is 0 Å². The summed E-state index contributed by atoms with van der Waals surface area (Å²) < 4.78 is 4.96. The van der Waals surface area contributed by atoms with E-state index in [2.05, 4.69) is 18.5 Å². The van der Waals surface area contributed by atoms with Crippen molar-refractivity contribution in [2.24, 2.45) is 0 Å². The Labute approximate surface area is 123 Å². The van der Waals surface area contributed by atoms with Crippen molar-refractivity contribution in [3.8, 4) is 0 Å². The molecule has 1 saturated carbocycles. The van der Waals surface area contributed by atoms with Gasteiger partial charge in [-0.15, -0.1) is 24.5 Å². The lowest BCUT2D eigenvalue weighted by atomic mass is 9.80. The molecule has 1 amide bonds. The van der Waals surface area contributed by atoms with Gasteiger partial charge in [0.1, 0.15) is 5.78 Å². The lowest BCUT2D eigenvalue weighted by molar-refractivity contribution is -0.121. The van der Waals surface area contributed by atoms with Crippen molar-refractivity contribution < 1.29 is 14.3 Å². The first kappa shape index (κ1) is 16.4. The van der Waals surface area contributed by atoms with Crippen LogP contribution in [-0.2, 0) is 15.1 Å². The molecule has 4 nitrogen and oxygen atoms in total. The summed E-state index contributed by atoms with van der Waals surface area (Å²) in [6.07, 6.45) is 1.95. The lowest BCUT2D eigenvalue weighted by Gasteiger charge is -2.36. The fourth-order valence-corrected chi connectivity index (χ4v) is 3.24. The van der Waals surface area contributed by atoms with Crippen LogP contribution in [0.25, 0.3) is 0 Å². The highest BCUT2D eigenvalue weighted by atomic mass is 32.1. The predicted molar refractivity (Wildman–Crippen MR) is 80.9 cm³/mol. The summed E-state index contributed by atoms with van der Waals surface area (Å²) in [5.74, 6) is 0.271. The van der Waals surface area contributed by atoms with E-state index in [1.54, 1.807) is 18.3 Å². The molecule has 1 N–H and O–H groups in total. The van der Waals surface area contributed by atoms with E-state index in [4.69, 9.17) is 4.74 Å². The summed E-state index contributed by atoms with van der Waals surface area (Å²) in [5, 5.41) is 4.94. The Kier molecular flexibility index (Phi) is 6.45. The van der Waals surface area contributed by atoms with E-state index in [1.165, 1.54) is 0 Å². The maximum absolute atomic E-state index is 11.7. The number of alkyl carbamates (subject to hydrolysis) is 1. The van der Waals surface area contributed by atoms with Crippen molar-refractivity contribution in [3.63, 3.8) is 0 Å². The van der Waals surface area contributed by atoms with Gasteiger partial charge in [-0.05, 0) is 31.2 Å². The molecule has 0 atom stereocenters. The molecule has 1 aliphatic rings. The minimum atomic E-state index is -0.422. The molecule has 5 heteroatoms. The average Bonchev–Trinajstić information content (AvgIpc) is 2.99. The van der Waals surface area contributed by atoms with Crippen molar-refractivity contribution in [1.29, 1.82) is 0 Å². The Hall–Kier alpha value is -1.62. The smallest absolute Gasteiger partial charge is 0.407 e. The van der Waals surface area contributed by atoms with Crippen molar-refractivity contribution in [1.82, 2.24) is 5.32 Å². The molecule has 0 spiro atoms. The third-order valence-corrected chi connectivity index (χ3v) is 4.34. The number of ketones is 1. The van der Waals surface area contributed by atoms with Crippen LogP contribution in [0.1, 0.15) is 37.5 Å². The van der Waals surface area contributed by atoms with Crippen LogP contribution >= 0.6 is 11.3 Å². The third kappa shape index (κ3) is 3.93. The van der Waals surface area contributed by atoms with E-state index < -0.39 is 11.6 Å². The zero-order valence-electron chi connectivity index (χ0n) is 11.8. The van der Waals surface area contributed by atoms with Gasteiger partial charge in [-0.2, -0.15) is 0 Å². The molecule has 1 aromatic rings. The van der Waals surface area contributed by atoms with Crippen LogP contribution in [-0.4, -0.2) is 18.5 Å². The van der Waals surface area contributed by atoms with Crippen LogP contribution in [0, 0.1) is 0 Å². The number of hydrogen-bond donors (Lipinski definition) is 1. The molecule has 0 aromatic carbocycles. The molecule has 0 saturated heterocycles. The molecule has 20 heavy (non-hydrogen) atoms. The molecule has 2 rings (SSSR count). The Balaban J connectivity index is 0.000000956. The Morgan fingerprint density at radius 2 is 2.10 bits per heavy atom. The Morgan fingerprint density at radius 3 is 2.60 bits per heavy atom. The molecule has 0 unspecified atom stereocenters. The van der Waals surface area contributed by atoms with Crippen molar-refractivity contribution in [2.75, 3.05) is 6.61 Å². The van der Waals surface area contributed by atoms with Crippen LogP contribution < -0.4 is 5.32 Å². The van der Waals surface area contributed by atoms with Gasteiger partial charge in [0, 0.05) is 17.7 Å². The molecule has 0 bridgehead atoms. The summed E-state index contributed by atoms with van der Waals surface area (Å²) in [6.45, 7) is 8.13. The van der Waals surface area contributed by atoms with Gasteiger partial charge in [-0.25, -0.2) is 4.79 Å². The number of Topliss-reactive ketones (excluding diaryl/α,β-unsaturated/α-hetero) is 1. The van der Waals surface area contributed by atoms with Crippen LogP contribution in [0.15, 0.2) is 30.7 Å². The molecule has 1 aromatic heterocycles. The number of amides is 1. The first-order valence-corrected chi connectivity index (χ1v) is 7.55. The molecular formula is C15H21NO3S. The van der Waals surface area contributed by atoms with Crippen molar-refractivity contribution in [2.45, 2.75) is 38.1 Å². The van der Waals surface area contributed by atoms with E-state index in [-0.39, 0.29) is 5.78 Å². The van der Waals surface area contributed by atoms with E-state index in [1.807, 2.05) is 17.5 Å². The van der Waals surface area contributed by atoms with Crippen molar-refractivity contribution in [3.05, 3.63) is 35.5 Å². The quantitative estimate of drug-likeness (QED) is 0.866. The van der Waals surface area contributed by atoms with E-state index >= 15 is 0 Å². The van der Waals surface area contributed by atoms with Crippen LogP contribution in [0.2, 0.25) is 0 Å². The highest BCUT2D eigenvalue weighted by molar-refractivity contribution is 7.10. The van der Waals surface area contributed by atoms with Crippen LogP contribution in [0.4, 0.5) is 4.79 Å². The van der Waals surface area contributed by atoms with E-state index in [9.17, 15) is 9.59 Å². The SMILES string of the molecule is C=C.CCOC(=O)NC1(c2cccs2)CCC(=O)CC1. The van der Waals surface area contributed by atoms with Gasteiger partial charge >= 0.3 is 6.09 Å². The molecule has 110 valence electrons. The highest BCUT2D eigenvalue weighted by Gasteiger charge is 2.38. The van der Waals surface area contributed by atoms with Gasteiger partial charge in [0.2, 0.25) is 0 Å². The normalized spacial score (nSPS) is 16.8. The first-order chi connectivity index (χ1) is 9.66. The molecule has 0 aliphatic heterocycles. The summed E-state index contributed by atoms with van der Waals surface area (Å²) in [5.41, 5.74) is -0.422. The number of rotatable bonds is 3. The largest absolute Gasteiger partial charge is 0.450 e. The zero-order valence-corrected chi connectivity index (χ0v) is 12.6. The van der Waals surface area contributed by atoms with Gasteiger partial charge in [-0.1, -0.05) is 6.07 Å². The summed E-state index contributed by atoms with van der Waals surface area (Å²) >= 11 is 1.61. The average molecular weight is 295 g/mol. The Morgan fingerprint density at radius 1 is 1.45 bits per heavy atom. The zero-order chi connectivity index (χ0) is 15.0. The molecule has 1 heterocycles. The maximum atomic E-state index is 11.7. The minimum Gasteiger partial charge on any atom is -0.450 e. The van der Waals surface area contributed by atoms with Gasteiger partial charge in [0.05, 0.1) is 12.1 Å². The Bertz CT molecular complexity index is 432. The molecule has 1 fully saturated rings. The fraction of sp³-hybridized carbons (Fsp3) is 0.467. The molecular weight excluding hydrogens is 274 g/mol. The second kappa shape index (κ2) is 7.85. The third-order valence-electron chi connectivity index (χ3n) is 3.27. The minimum absolute atomic E-state index is 0.271. The predicted octanol–water partition coefficient (Wildman–Crippen LogP) is 3.63.